The Bertz CT molecular complexity index is 661. The van der Waals surface area contributed by atoms with Gasteiger partial charge in [-0.3, -0.25) is 9.89 Å². The standard InChI is InChI=1S/C15H19N3O3/c1-9(2)4-7-13(19)16-10-5-6-12-11(8-10)14(18-17-12)15(20)21-3/h5-6,8-9H,4,7H2,1-3H3,(H,16,19)(H,17,18). The van der Waals surface area contributed by atoms with Crippen LogP contribution in [0.2, 0.25) is 0 Å². The molecule has 2 aromatic rings. The highest BCUT2D eigenvalue weighted by atomic mass is 16.5. The number of fused-ring (bicyclic) bond motifs is 1. The Morgan fingerprint density at radius 2 is 2.14 bits per heavy atom. The predicted octanol–water partition coefficient (Wildman–Crippen LogP) is 2.72. The zero-order valence-electron chi connectivity index (χ0n) is 12.4. The maximum atomic E-state index is 11.8. The van der Waals surface area contributed by atoms with Crippen molar-refractivity contribution in [2.24, 2.45) is 5.92 Å². The number of H-pyrrole nitrogens is 1. The van der Waals surface area contributed by atoms with Crippen LogP contribution in [0.4, 0.5) is 5.69 Å². The molecule has 0 aliphatic heterocycles. The second-order valence-corrected chi connectivity index (χ2v) is 5.30. The smallest absolute Gasteiger partial charge is 0.359 e. The maximum absolute atomic E-state index is 11.8. The summed E-state index contributed by atoms with van der Waals surface area (Å²) >= 11 is 0. The molecule has 0 aliphatic carbocycles. The van der Waals surface area contributed by atoms with Crippen LogP contribution in [0.5, 0.6) is 0 Å². The van der Waals surface area contributed by atoms with Crippen molar-refractivity contribution in [1.82, 2.24) is 10.2 Å². The topological polar surface area (TPSA) is 84.1 Å². The van der Waals surface area contributed by atoms with E-state index in [1.165, 1.54) is 7.11 Å². The van der Waals surface area contributed by atoms with E-state index < -0.39 is 5.97 Å². The lowest BCUT2D eigenvalue weighted by Crippen LogP contribution is -2.12. The lowest BCUT2D eigenvalue weighted by atomic mass is 10.1. The summed E-state index contributed by atoms with van der Waals surface area (Å²) in [5.74, 6) is -0.0614. The third-order valence-electron chi connectivity index (χ3n) is 3.17. The molecule has 1 amide bonds. The summed E-state index contributed by atoms with van der Waals surface area (Å²) in [5.41, 5.74) is 1.57. The summed E-state index contributed by atoms with van der Waals surface area (Å²) in [7, 11) is 1.31. The first-order valence-corrected chi connectivity index (χ1v) is 6.87. The van der Waals surface area contributed by atoms with E-state index in [0.29, 0.717) is 23.4 Å². The van der Waals surface area contributed by atoms with Crippen molar-refractivity contribution in [2.75, 3.05) is 12.4 Å². The first-order valence-electron chi connectivity index (χ1n) is 6.87. The molecule has 1 aromatic heterocycles. The van der Waals surface area contributed by atoms with Crippen molar-refractivity contribution < 1.29 is 14.3 Å². The molecule has 6 heteroatoms. The van der Waals surface area contributed by atoms with Crippen LogP contribution in [0.25, 0.3) is 10.9 Å². The Labute approximate surface area is 122 Å². The number of esters is 1. The summed E-state index contributed by atoms with van der Waals surface area (Å²) in [5, 5.41) is 10.2. The number of ether oxygens (including phenoxy) is 1. The molecule has 1 aromatic carbocycles. The summed E-state index contributed by atoms with van der Waals surface area (Å²) in [6, 6.07) is 5.26. The van der Waals surface area contributed by atoms with Crippen molar-refractivity contribution in [3.63, 3.8) is 0 Å². The quantitative estimate of drug-likeness (QED) is 0.829. The molecule has 112 valence electrons. The number of amides is 1. The van der Waals surface area contributed by atoms with Gasteiger partial charge in [-0.2, -0.15) is 5.10 Å². The second-order valence-electron chi connectivity index (χ2n) is 5.30. The van der Waals surface area contributed by atoms with Crippen LogP contribution < -0.4 is 5.32 Å². The minimum Gasteiger partial charge on any atom is -0.464 e. The maximum Gasteiger partial charge on any atom is 0.359 e. The number of rotatable bonds is 5. The van der Waals surface area contributed by atoms with Gasteiger partial charge in [0.25, 0.3) is 0 Å². The van der Waals surface area contributed by atoms with Crippen molar-refractivity contribution >= 4 is 28.5 Å². The third kappa shape index (κ3) is 3.59. The molecule has 0 unspecified atom stereocenters. The van der Waals surface area contributed by atoms with Gasteiger partial charge in [-0.25, -0.2) is 4.79 Å². The summed E-state index contributed by atoms with van der Waals surface area (Å²) < 4.78 is 4.68. The molecule has 6 nitrogen and oxygen atoms in total. The van der Waals surface area contributed by atoms with Gasteiger partial charge in [-0.15, -0.1) is 0 Å². The minimum absolute atomic E-state index is 0.0360. The Hall–Kier alpha value is -2.37. The number of carbonyl (C=O) groups is 2. The molecular weight excluding hydrogens is 270 g/mol. The fourth-order valence-electron chi connectivity index (χ4n) is 1.99. The molecule has 0 fully saturated rings. The highest BCUT2D eigenvalue weighted by Crippen LogP contribution is 2.21. The Morgan fingerprint density at radius 3 is 2.81 bits per heavy atom. The molecule has 1 heterocycles. The zero-order chi connectivity index (χ0) is 15.4. The number of carbonyl (C=O) groups excluding carboxylic acids is 2. The lowest BCUT2D eigenvalue weighted by Gasteiger charge is -2.07. The van der Waals surface area contributed by atoms with E-state index in [9.17, 15) is 9.59 Å². The number of benzene rings is 1. The molecule has 0 atom stereocenters. The van der Waals surface area contributed by atoms with Gasteiger partial charge in [0.1, 0.15) is 0 Å². The number of hydrogen-bond donors (Lipinski definition) is 2. The fraction of sp³-hybridized carbons (Fsp3) is 0.400. The molecule has 0 radical (unpaired) electrons. The molecule has 2 N–H and O–H groups in total. The van der Waals surface area contributed by atoms with Crippen LogP contribution in [0.15, 0.2) is 18.2 Å². The largest absolute Gasteiger partial charge is 0.464 e. The van der Waals surface area contributed by atoms with Crippen molar-refractivity contribution in [2.45, 2.75) is 26.7 Å². The Morgan fingerprint density at radius 1 is 1.38 bits per heavy atom. The Balaban J connectivity index is 2.18. The van der Waals surface area contributed by atoms with E-state index in [1.807, 2.05) is 0 Å². The number of aromatic nitrogens is 2. The molecule has 2 rings (SSSR count). The third-order valence-corrected chi connectivity index (χ3v) is 3.17. The number of nitrogens with zero attached hydrogens (tertiary/aromatic N) is 1. The SMILES string of the molecule is COC(=O)c1n[nH]c2ccc(NC(=O)CCC(C)C)cc12. The van der Waals surface area contributed by atoms with Crippen LogP contribution in [0.1, 0.15) is 37.2 Å². The first-order chi connectivity index (χ1) is 10.0. The van der Waals surface area contributed by atoms with Crippen LogP contribution in [-0.4, -0.2) is 29.2 Å². The molecule has 0 saturated carbocycles. The summed E-state index contributed by atoms with van der Waals surface area (Å²) in [4.78, 5) is 23.4. The average molecular weight is 289 g/mol. The first kappa shape index (κ1) is 15.0. The lowest BCUT2D eigenvalue weighted by molar-refractivity contribution is -0.116. The molecule has 0 spiro atoms. The van der Waals surface area contributed by atoms with Gasteiger partial charge in [-0.05, 0) is 30.5 Å². The van der Waals surface area contributed by atoms with E-state index in [4.69, 9.17) is 0 Å². The van der Waals surface area contributed by atoms with E-state index in [0.717, 1.165) is 11.9 Å². The van der Waals surface area contributed by atoms with Crippen LogP contribution in [0, 0.1) is 5.92 Å². The highest BCUT2D eigenvalue weighted by molar-refractivity contribution is 6.03. The van der Waals surface area contributed by atoms with E-state index in [-0.39, 0.29) is 11.6 Å². The minimum atomic E-state index is -0.510. The van der Waals surface area contributed by atoms with Gasteiger partial charge in [-0.1, -0.05) is 13.8 Å². The Kier molecular flexibility index (Phi) is 4.57. The van der Waals surface area contributed by atoms with Gasteiger partial charge in [0.2, 0.25) is 5.91 Å². The number of methoxy groups -OCH3 is 1. The highest BCUT2D eigenvalue weighted by Gasteiger charge is 2.15. The predicted molar refractivity (Wildman–Crippen MR) is 80.1 cm³/mol. The fourth-order valence-corrected chi connectivity index (χ4v) is 1.99. The van der Waals surface area contributed by atoms with E-state index in [1.54, 1.807) is 18.2 Å². The normalized spacial score (nSPS) is 10.9. The summed E-state index contributed by atoms with van der Waals surface area (Å²) in [6.07, 6.45) is 1.32. The molecule has 21 heavy (non-hydrogen) atoms. The molecule has 0 saturated heterocycles. The van der Waals surface area contributed by atoms with Crippen LogP contribution in [-0.2, 0) is 9.53 Å². The number of hydrogen-bond acceptors (Lipinski definition) is 4. The van der Waals surface area contributed by atoms with Gasteiger partial charge < -0.3 is 10.1 Å². The zero-order valence-corrected chi connectivity index (χ0v) is 12.4. The van der Waals surface area contributed by atoms with Crippen molar-refractivity contribution in [3.05, 3.63) is 23.9 Å². The molecule has 0 bridgehead atoms. The van der Waals surface area contributed by atoms with E-state index in [2.05, 4.69) is 34.1 Å². The average Bonchev–Trinajstić information content (AvgIpc) is 2.87. The van der Waals surface area contributed by atoms with Gasteiger partial charge in [0, 0.05) is 17.5 Å². The number of anilines is 1. The monoisotopic (exact) mass is 289 g/mol. The molecular formula is C15H19N3O3. The molecule has 0 aliphatic rings. The number of nitrogens with one attached hydrogen (secondary N) is 2. The van der Waals surface area contributed by atoms with Gasteiger partial charge in [0.05, 0.1) is 12.6 Å². The second kappa shape index (κ2) is 6.39. The van der Waals surface area contributed by atoms with Gasteiger partial charge in [0.15, 0.2) is 5.69 Å². The van der Waals surface area contributed by atoms with Crippen LogP contribution >= 0.6 is 0 Å². The van der Waals surface area contributed by atoms with Crippen molar-refractivity contribution in [3.8, 4) is 0 Å². The van der Waals surface area contributed by atoms with Crippen molar-refractivity contribution in [1.29, 1.82) is 0 Å². The van der Waals surface area contributed by atoms with E-state index >= 15 is 0 Å². The summed E-state index contributed by atoms with van der Waals surface area (Å²) in [6.45, 7) is 4.15. The number of aromatic amines is 1. The van der Waals surface area contributed by atoms with Crippen LogP contribution in [0.3, 0.4) is 0 Å². The van der Waals surface area contributed by atoms with Gasteiger partial charge >= 0.3 is 5.97 Å².